The molecule has 0 saturated carbocycles. The Morgan fingerprint density at radius 2 is 2.22 bits per heavy atom. The van der Waals surface area contributed by atoms with Gasteiger partial charge in [0.15, 0.2) is 5.78 Å². The van der Waals surface area contributed by atoms with Crippen molar-refractivity contribution in [2.75, 3.05) is 26.2 Å². The first-order chi connectivity index (χ1) is 8.37. The average molecular weight is 267 g/mol. The number of carbonyl (C=O) groups is 1. The normalized spacial score (nSPS) is 20.0. The van der Waals surface area contributed by atoms with E-state index in [9.17, 15) is 4.79 Å². The van der Waals surface area contributed by atoms with Gasteiger partial charge in [0, 0.05) is 28.4 Å². The SMILES string of the molecule is Cc1cc(C(=O)CN2CCOC(C)(C)C2)c(C)s1. The fourth-order valence-corrected chi connectivity index (χ4v) is 3.39. The van der Waals surface area contributed by atoms with E-state index in [0.717, 1.165) is 23.5 Å². The van der Waals surface area contributed by atoms with Crippen LogP contribution in [0.3, 0.4) is 0 Å². The molecule has 100 valence electrons. The Bertz CT molecular complexity index is 451. The van der Waals surface area contributed by atoms with Crippen LogP contribution in [0.5, 0.6) is 0 Å². The zero-order valence-electron chi connectivity index (χ0n) is 11.6. The summed E-state index contributed by atoms with van der Waals surface area (Å²) in [5.41, 5.74) is 0.750. The second kappa shape index (κ2) is 5.11. The van der Waals surface area contributed by atoms with Gasteiger partial charge in [0.25, 0.3) is 0 Å². The maximum atomic E-state index is 12.3. The molecule has 0 aromatic carbocycles. The number of thiophene rings is 1. The first-order valence-corrected chi connectivity index (χ1v) is 7.15. The van der Waals surface area contributed by atoms with Crippen molar-refractivity contribution in [3.8, 4) is 0 Å². The Labute approximate surface area is 113 Å². The van der Waals surface area contributed by atoms with Gasteiger partial charge in [-0.2, -0.15) is 0 Å². The number of aryl methyl sites for hydroxylation is 2. The molecule has 1 saturated heterocycles. The predicted molar refractivity (Wildman–Crippen MR) is 74.6 cm³/mol. The number of hydrogen-bond donors (Lipinski definition) is 0. The molecule has 1 aromatic rings. The van der Waals surface area contributed by atoms with Crippen LogP contribution >= 0.6 is 11.3 Å². The first kappa shape index (κ1) is 13.7. The van der Waals surface area contributed by atoms with Crippen molar-refractivity contribution >= 4 is 17.1 Å². The lowest BCUT2D eigenvalue weighted by Crippen LogP contribution is -2.49. The molecule has 2 heterocycles. The molecule has 0 unspecified atom stereocenters. The number of hydrogen-bond acceptors (Lipinski definition) is 4. The van der Waals surface area contributed by atoms with Gasteiger partial charge in [0.05, 0.1) is 18.8 Å². The molecule has 0 radical (unpaired) electrons. The van der Waals surface area contributed by atoms with Crippen LogP contribution in [0.1, 0.15) is 34.0 Å². The number of ketones is 1. The van der Waals surface area contributed by atoms with Crippen LogP contribution in [0.15, 0.2) is 6.07 Å². The van der Waals surface area contributed by atoms with E-state index >= 15 is 0 Å². The van der Waals surface area contributed by atoms with Crippen LogP contribution in [0.4, 0.5) is 0 Å². The van der Waals surface area contributed by atoms with Crippen LogP contribution in [0.2, 0.25) is 0 Å². The summed E-state index contributed by atoms with van der Waals surface area (Å²) in [6, 6.07) is 2.01. The number of ether oxygens (including phenoxy) is 1. The third-order valence-corrected chi connectivity index (χ3v) is 4.18. The molecule has 1 aliphatic rings. The molecule has 2 rings (SSSR count). The lowest BCUT2D eigenvalue weighted by molar-refractivity contribution is -0.0833. The van der Waals surface area contributed by atoms with Gasteiger partial charge in [-0.25, -0.2) is 0 Å². The Kier molecular flexibility index (Phi) is 3.90. The van der Waals surface area contributed by atoms with E-state index in [-0.39, 0.29) is 11.4 Å². The molecule has 0 N–H and O–H groups in total. The van der Waals surface area contributed by atoms with E-state index in [0.29, 0.717) is 13.2 Å². The van der Waals surface area contributed by atoms with Gasteiger partial charge in [-0.05, 0) is 33.8 Å². The molecule has 0 amide bonds. The maximum Gasteiger partial charge on any atom is 0.177 e. The third-order valence-electron chi connectivity index (χ3n) is 3.21. The van der Waals surface area contributed by atoms with Gasteiger partial charge >= 0.3 is 0 Å². The van der Waals surface area contributed by atoms with Crippen LogP contribution < -0.4 is 0 Å². The van der Waals surface area contributed by atoms with Gasteiger partial charge in [-0.3, -0.25) is 9.69 Å². The third kappa shape index (κ3) is 3.19. The quantitative estimate of drug-likeness (QED) is 0.789. The van der Waals surface area contributed by atoms with E-state index in [2.05, 4.69) is 18.7 Å². The molecule has 1 aliphatic heterocycles. The van der Waals surface area contributed by atoms with Crippen LogP contribution in [0, 0.1) is 13.8 Å². The minimum atomic E-state index is -0.141. The molecule has 0 aliphatic carbocycles. The number of nitrogens with zero attached hydrogens (tertiary/aromatic N) is 1. The van der Waals surface area contributed by atoms with Gasteiger partial charge in [0.2, 0.25) is 0 Å². The van der Waals surface area contributed by atoms with Crippen molar-refractivity contribution in [2.24, 2.45) is 0 Å². The summed E-state index contributed by atoms with van der Waals surface area (Å²) in [5, 5.41) is 0. The highest BCUT2D eigenvalue weighted by Gasteiger charge is 2.28. The van der Waals surface area contributed by atoms with Crippen molar-refractivity contribution in [1.82, 2.24) is 4.90 Å². The molecule has 18 heavy (non-hydrogen) atoms. The fourth-order valence-electron chi connectivity index (χ4n) is 2.45. The largest absolute Gasteiger partial charge is 0.373 e. The molecule has 4 heteroatoms. The van der Waals surface area contributed by atoms with E-state index < -0.39 is 0 Å². The summed E-state index contributed by atoms with van der Waals surface area (Å²) in [7, 11) is 0. The second-order valence-corrected chi connectivity index (χ2v) is 7.03. The van der Waals surface area contributed by atoms with Crippen LogP contribution in [-0.4, -0.2) is 42.5 Å². The standard InChI is InChI=1S/C14H21NO2S/c1-10-7-12(11(2)18-10)13(16)8-15-5-6-17-14(3,4)9-15/h7H,5-6,8-9H2,1-4H3. The minimum absolute atomic E-state index is 0.141. The van der Waals surface area contributed by atoms with Crippen molar-refractivity contribution in [2.45, 2.75) is 33.3 Å². The molecule has 0 bridgehead atoms. The van der Waals surface area contributed by atoms with Crippen molar-refractivity contribution < 1.29 is 9.53 Å². The molecule has 3 nitrogen and oxygen atoms in total. The number of morpholine rings is 1. The zero-order chi connectivity index (χ0) is 13.3. The summed E-state index contributed by atoms with van der Waals surface area (Å²) in [6.45, 7) is 11.1. The van der Waals surface area contributed by atoms with Crippen molar-refractivity contribution in [1.29, 1.82) is 0 Å². The van der Waals surface area contributed by atoms with Gasteiger partial charge < -0.3 is 4.74 Å². The lowest BCUT2D eigenvalue weighted by atomic mass is 10.1. The summed E-state index contributed by atoms with van der Waals surface area (Å²) in [4.78, 5) is 16.8. The Morgan fingerprint density at radius 1 is 1.50 bits per heavy atom. The summed E-state index contributed by atoms with van der Waals surface area (Å²) < 4.78 is 5.66. The first-order valence-electron chi connectivity index (χ1n) is 6.34. The smallest absolute Gasteiger partial charge is 0.177 e. The summed E-state index contributed by atoms with van der Waals surface area (Å²) in [6.07, 6.45) is 0. The van der Waals surface area contributed by atoms with E-state index in [1.807, 2.05) is 19.9 Å². The zero-order valence-corrected chi connectivity index (χ0v) is 12.4. The predicted octanol–water partition coefficient (Wildman–Crippen LogP) is 2.66. The monoisotopic (exact) mass is 267 g/mol. The molecule has 0 spiro atoms. The molecular weight excluding hydrogens is 246 g/mol. The van der Waals surface area contributed by atoms with E-state index in [1.165, 1.54) is 4.88 Å². The Morgan fingerprint density at radius 3 is 2.78 bits per heavy atom. The molecule has 1 fully saturated rings. The van der Waals surface area contributed by atoms with Crippen molar-refractivity contribution in [3.05, 3.63) is 21.4 Å². The number of rotatable bonds is 3. The highest BCUT2D eigenvalue weighted by molar-refractivity contribution is 7.12. The summed E-state index contributed by atoms with van der Waals surface area (Å²) in [5.74, 6) is 0.231. The molecule has 1 aromatic heterocycles. The minimum Gasteiger partial charge on any atom is -0.373 e. The van der Waals surface area contributed by atoms with Gasteiger partial charge in [-0.15, -0.1) is 11.3 Å². The number of carbonyl (C=O) groups excluding carboxylic acids is 1. The lowest BCUT2D eigenvalue weighted by Gasteiger charge is -2.37. The van der Waals surface area contributed by atoms with Gasteiger partial charge in [-0.1, -0.05) is 0 Å². The highest BCUT2D eigenvalue weighted by atomic mass is 32.1. The van der Waals surface area contributed by atoms with E-state index in [1.54, 1.807) is 11.3 Å². The highest BCUT2D eigenvalue weighted by Crippen LogP contribution is 2.22. The van der Waals surface area contributed by atoms with Crippen molar-refractivity contribution in [3.63, 3.8) is 0 Å². The second-order valence-electron chi connectivity index (χ2n) is 5.57. The average Bonchev–Trinajstić information content (AvgIpc) is 2.56. The van der Waals surface area contributed by atoms with Crippen LogP contribution in [0.25, 0.3) is 0 Å². The maximum absolute atomic E-state index is 12.3. The fraction of sp³-hybridized carbons (Fsp3) is 0.643. The Hall–Kier alpha value is -0.710. The molecule has 0 atom stereocenters. The Balaban J connectivity index is 2.01. The van der Waals surface area contributed by atoms with Gasteiger partial charge in [0.1, 0.15) is 0 Å². The summed E-state index contributed by atoms with van der Waals surface area (Å²) >= 11 is 1.70. The van der Waals surface area contributed by atoms with Crippen LogP contribution in [-0.2, 0) is 4.74 Å². The number of Topliss-reactive ketones (excluding diaryl/α,β-unsaturated/α-hetero) is 1. The van der Waals surface area contributed by atoms with E-state index in [4.69, 9.17) is 4.74 Å². The molecular formula is C14H21NO2S. The topological polar surface area (TPSA) is 29.5 Å².